The monoisotopic (exact) mass is 311 g/mol. The fourth-order valence-corrected chi connectivity index (χ4v) is 2.57. The first-order valence-electron chi connectivity index (χ1n) is 7.78. The number of nitrogen functional groups attached to an aromatic ring is 1. The van der Waals surface area contributed by atoms with Crippen LogP contribution in [0.4, 0.5) is 5.69 Å². The van der Waals surface area contributed by atoms with Crippen LogP contribution < -0.4 is 10.5 Å². The third-order valence-corrected chi connectivity index (χ3v) is 3.97. The largest absolute Gasteiger partial charge is 0.491 e. The lowest BCUT2D eigenvalue weighted by molar-refractivity contribution is 0.0431. The van der Waals surface area contributed by atoms with Gasteiger partial charge in [0.2, 0.25) is 0 Å². The maximum absolute atomic E-state index is 8.46. The number of ether oxygens (including phenoxy) is 2. The van der Waals surface area contributed by atoms with Gasteiger partial charge in [0, 0.05) is 17.7 Å². The molecule has 4 bridgehead atoms. The molecule has 0 aliphatic carbocycles. The summed E-state index contributed by atoms with van der Waals surface area (Å²) >= 11 is 0. The maximum atomic E-state index is 8.46. The summed E-state index contributed by atoms with van der Waals surface area (Å²) < 4.78 is 11.8. The number of rotatable bonds is 0. The number of hydrogen-bond donors (Lipinski definition) is 2. The molecular formula is C18H21N3O2. The summed E-state index contributed by atoms with van der Waals surface area (Å²) in [6.45, 7) is 4.57. The Hall–Kier alpha value is -2.40. The van der Waals surface area contributed by atoms with Gasteiger partial charge in [0.05, 0.1) is 35.9 Å². The second kappa shape index (κ2) is 6.38. The molecule has 3 rings (SSSR count). The van der Waals surface area contributed by atoms with E-state index in [1.165, 1.54) is 0 Å². The van der Waals surface area contributed by atoms with Gasteiger partial charge in [-0.2, -0.15) is 0 Å². The minimum Gasteiger partial charge on any atom is -0.491 e. The summed E-state index contributed by atoms with van der Waals surface area (Å²) in [7, 11) is 0. The molecule has 2 atom stereocenters. The van der Waals surface area contributed by atoms with Crippen molar-refractivity contribution in [2.24, 2.45) is 0 Å². The molecule has 2 aromatic rings. The van der Waals surface area contributed by atoms with Crippen LogP contribution in [0.1, 0.15) is 43.3 Å². The Bertz CT molecular complexity index is 730. The Morgan fingerprint density at radius 1 is 1.22 bits per heavy atom. The van der Waals surface area contributed by atoms with Crippen LogP contribution in [0.2, 0.25) is 0 Å². The topological polar surface area (TPSA) is 81.2 Å². The van der Waals surface area contributed by atoms with Crippen LogP contribution in [0.3, 0.4) is 0 Å². The zero-order valence-corrected chi connectivity index (χ0v) is 13.4. The SMILES string of the molecule is CC1CCOC(C)c2cccc(n2)C(=N)c2cc(ccc2N)O1. The van der Waals surface area contributed by atoms with Crippen molar-refractivity contribution in [2.45, 2.75) is 32.5 Å². The van der Waals surface area contributed by atoms with Crippen LogP contribution in [-0.4, -0.2) is 23.4 Å². The molecule has 23 heavy (non-hydrogen) atoms. The number of nitrogens with one attached hydrogen (secondary N) is 1. The van der Waals surface area contributed by atoms with E-state index >= 15 is 0 Å². The van der Waals surface area contributed by atoms with Crippen molar-refractivity contribution in [1.82, 2.24) is 4.98 Å². The molecule has 120 valence electrons. The van der Waals surface area contributed by atoms with Gasteiger partial charge in [0.1, 0.15) is 5.75 Å². The van der Waals surface area contributed by atoms with Gasteiger partial charge >= 0.3 is 0 Å². The first-order chi connectivity index (χ1) is 11.0. The molecule has 2 unspecified atom stereocenters. The first kappa shape index (κ1) is 15.5. The van der Waals surface area contributed by atoms with Crippen LogP contribution in [0.5, 0.6) is 5.75 Å². The molecule has 0 saturated carbocycles. The fraction of sp³-hybridized carbons (Fsp3) is 0.333. The number of pyridine rings is 1. The Labute approximate surface area is 136 Å². The second-order valence-electron chi connectivity index (χ2n) is 5.80. The zero-order valence-electron chi connectivity index (χ0n) is 13.4. The Balaban J connectivity index is 2.08. The van der Waals surface area contributed by atoms with Gasteiger partial charge in [-0.25, -0.2) is 4.98 Å². The van der Waals surface area contributed by atoms with Crippen LogP contribution >= 0.6 is 0 Å². The molecule has 0 spiro atoms. The normalized spacial score (nSPS) is 21.6. The molecule has 1 aliphatic heterocycles. The van der Waals surface area contributed by atoms with Crippen LogP contribution in [0.25, 0.3) is 0 Å². The number of fused-ring (bicyclic) bond motifs is 4. The average molecular weight is 311 g/mol. The Kier molecular flexibility index (Phi) is 4.30. The Morgan fingerprint density at radius 2 is 2.04 bits per heavy atom. The number of benzene rings is 1. The highest BCUT2D eigenvalue weighted by Crippen LogP contribution is 2.25. The van der Waals surface area contributed by atoms with Crippen molar-refractivity contribution in [2.75, 3.05) is 12.3 Å². The van der Waals surface area contributed by atoms with Gasteiger partial charge in [-0.15, -0.1) is 0 Å². The van der Waals surface area contributed by atoms with E-state index in [0.29, 0.717) is 29.3 Å². The maximum Gasteiger partial charge on any atom is 0.120 e. The van der Waals surface area contributed by atoms with Crippen molar-refractivity contribution in [3.63, 3.8) is 0 Å². The quantitative estimate of drug-likeness (QED) is 0.731. The van der Waals surface area contributed by atoms with Gasteiger partial charge < -0.3 is 15.2 Å². The van der Waals surface area contributed by atoms with E-state index in [4.69, 9.17) is 20.6 Å². The van der Waals surface area contributed by atoms with Gasteiger partial charge in [0.25, 0.3) is 0 Å². The first-order valence-corrected chi connectivity index (χ1v) is 7.78. The third-order valence-electron chi connectivity index (χ3n) is 3.97. The van der Waals surface area contributed by atoms with Gasteiger partial charge in [-0.3, -0.25) is 5.41 Å². The summed E-state index contributed by atoms with van der Waals surface area (Å²) in [5.41, 5.74) is 8.91. The Morgan fingerprint density at radius 3 is 2.87 bits per heavy atom. The number of hydrogen-bond acceptors (Lipinski definition) is 5. The summed E-state index contributed by atoms with van der Waals surface area (Å²) in [4.78, 5) is 4.57. The van der Waals surface area contributed by atoms with E-state index in [-0.39, 0.29) is 17.9 Å². The fourth-order valence-electron chi connectivity index (χ4n) is 2.57. The van der Waals surface area contributed by atoms with Crippen LogP contribution in [0.15, 0.2) is 36.4 Å². The van der Waals surface area contributed by atoms with Crippen molar-refractivity contribution in [3.05, 3.63) is 53.3 Å². The van der Waals surface area contributed by atoms with Crippen molar-refractivity contribution in [3.8, 4) is 5.75 Å². The molecule has 0 fully saturated rings. The molecule has 1 aliphatic rings. The molecular weight excluding hydrogens is 290 g/mol. The van der Waals surface area contributed by atoms with E-state index in [1.54, 1.807) is 6.07 Å². The van der Waals surface area contributed by atoms with Gasteiger partial charge in [0.15, 0.2) is 0 Å². The molecule has 0 amide bonds. The lowest BCUT2D eigenvalue weighted by Crippen LogP contribution is -2.15. The van der Waals surface area contributed by atoms with Crippen LogP contribution in [-0.2, 0) is 4.74 Å². The molecule has 5 nitrogen and oxygen atoms in total. The highest BCUT2D eigenvalue weighted by Gasteiger charge is 2.16. The minimum absolute atomic E-state index is 0.0182. The number of aromatic nitrogens is 1. The summed E-state index contributed by atoms with van der Waals surface area (Å²) in [6.07, 6.45) is 0.669. The predicted molar refractivity (Wildman–Crippen MR) is 90.1 cm³/mol. The zero-order chi connectivity index (χ0) is 16.4. The second-order valence-corrected chi connectivity index (χ2v) is 5.80. The average Bonchev–Trinajstić information content (AvgIpc) is 2.55. The minimum atomic E-state index is -0.129. The molecule has 0 radical (unpaired) electrons. The number of nitrogens with two attached hydrogens (primary N) is 1. The molecule has 3 N–H and O–H groups in total. The molecule has 2 heterocycles. The summed E-state index contributed by atoms with van der Waals surface area (Å²) in [5, 5.41) is 8.46. The van der Waals surface area contributed by atoms with E-state index in [2.05, 4.69) is 4.98 Å². The number of nitrogens with zero attached hydrogens (tertiary/aromatic N) is 1. The molecule has 1 aromatic heterocycles. The molecule has 1 aromatic carbocycles. The lowest BCUT2D eigenvalue weighted by atomic mass is 10.0. The predicted octanol–water partition coefficient (Wildman–Crippen LogP) is 3.33. The molecule has 5 heteroatoms. The van der Waals surface area contributed by atoms with Crippen molar-refractivity contribution >= 4 is 11.4 Å². The summed E-state index contributed by atoms with van der Waals surface area (Å²) in [5.74, 6) is 0.704. The highest BCUT2D eigenvalue weighted by molar-refractivity contribution is 6.12. The van der Waals surface area contributed by atoms with E-state index in [1.807, 2.05) is 44.2 Å². The lowest BCUT2D eigenvalue weighted by Gasteiger charge is -2.17. The van der Waals surface area contributed by atoms with E-state index < -0.39 is 0 Å². The van der Waals surface area contributed by atoms with Crippen LogP contribution in [0, 0.1) is 5.41 Å². The molecule has 0 saturated heterocycles. The summed E-state index contributed by atoms with van der Waals surface area (Å²) in [6, 6.07) is 11.0. The number of anilines is 1. The van der Waals surface area contributed by atoms with Crippen molar-refractivity contribution in [1.29, 1.82) is 5.41 Å². The standard InChI is InChI=1S/C18H21N3O2/c1-11-8-9-22-12(2)16-4-3-5-17(21-16)18(20)14-10-13(23-11)6-7-15(14)19/h3-7,10-12,20H,8-9,19H2,1-2H3. The van der Waals surface area contributed by atoms with E-state index in [0.717, 1.165) is 12.1 Å². The third kappa shape index (κ3) is 3.35. The van der Waals surface area contributed by atoms with Gasteiger partial charge in [-0.1, -0.05) is 6.07 Å². The van der Waals surface area contributed by atoms with Gasteiger partial charge in [-0.05, 0) is 44.2 Å². The van der Waals surface area contributed by atoms with Crippen molar-refractivity contribution < 1.29 is 9.47 Å². The van der Waals surface area contributed by atoms with E-state index in [9.17, 15) is 0 Å². The highest BCUT2D eigenvalue weighted by atomic mass is 16.5. The smallest absolute Gasteiger partial charge is 0.120 e.